The normalized spacial score (nSPS) is 12.1. The number of aromatic nitrogens is 2. The van der Waals surface area contributed by atoms with Gasteiger partial charge in [0.1, 0.15) is 5.69 Å². The van der Waals surface area contributed by atoms with E-state index in [1.54, 1.807) is 47.4 Å². The monoisotopic (exact) mass is 465 g/mol. The molecule has 0 saturated heterocycles. The molecule has 0 aliphatic carbocycles. The molecule has 2 aliphatic rings. The molecule has 1 N–H and O–H groups in total. The van der Waals surface area contributed by atoms with Gasteiger partial charge < -0.3 is 0 Å². The first-order chi connectivity index (χ1) is 14.1. The van der Waals surface area contributed by atoms with Crippen LogP contribution < -0.4 is 10.4 Å². The molecule has 0 spiro atoms. The molecule has 9 heteroatoms. The first kappa shape index (κ1) is 22.8. The zero-order valence-electron chi connectivity index (χ0n) is 17.9. The summed E-state index contributed by atoms with van der Waals surface area (Å²) in [5, 5.41) is 0. The molecule has 0 bridgehead atoms. The number of nitrogens with zero attached hydrogens (tertiary/aromatic N) is 2. The summed E-state index contributed by atoms with van der Waals surface area (Å²) in [6.45, 7) is 10.2. The summed E-state index contributed by atoms with van der Waals surface area (Å²) in [5.74, 6) is 1.54. The van der Waals surface area contributed by atoms with Crippen molar-refractivity contribution < 1.29 is 8.42 Å². The molecule has 30 heavy (non-hydrogen) atoms. The zero-order chi connectivity index (χ0) is 22.1. The van der Waals surface area contributed by atoms with Gasteiger partial charge in [0.05, 0.1) is 9.10 Å². The van der Waals surface area contributed by atoms with E-state index in [9.17, 15) is 13.2 Å². The quantitative estimate of drug-likeness (QED) is 0.481. The summed E-state index contributed by atoms with van der Waals surface area (Å²) in [7, 11) is -3.86. The summed E-state index contributed by atoms with van der Waals surface area (Å²) in [6, 6.07) is 6.74. The maximum Gasteiger partial charge on any atom is 0.354 e. The predicted octanol–water partition coefficient (Wildman–Crippen LogP) is 4.85. The van der Waals surface area contributed by atoms with Gasteiger partial charge in [-0.1, -0.05) is 32.9 Å². The van der Waals surface area contributed by atoms with E-state index in [1.165, 1.54) is 4.57 Å². The molecule has 0 radical (unpaired) electrons. The zero-order valence-corrected chi connectivity index (χ0v) is 20.3. The van der Waals surface area contributed by atoms with Crippen LogP contribution in [0.2, 0.25) is 0 Å². The van der Waals surface area contributed by atoms with Crippen molar-refractivity contribution in [2.45, 2.75) is 56.6 Å². The van der Waals surface area contributed by atoms with Crippen LogP contribution in [0.3, 0.4) is 0 Å². The summed E-state index contributed by atoms with van der Waals surface area (Å²) in [6.07, 6.45) is 1.86. The molecule has 0 fully saturated rings. The second kappa shape index (κ2) is 9.11. The molecule has 0 unspecified atom stereocenters. The largest absolute Gasteiger partial charge is 0.354 e. The Morgan fingerprint density at radius 3 is 2.47 bits per heavy atom. The van der Waals surface area contributed by atoms with Gasteiger partial charge in [0, 0.05) is 10.6 Å². The Balaban J connectivity index is 2.04. The van der Waals surface area contributed by atoms with Crippen molar-refractivity contribution in [2.75, 3.05) is 10.5 Å². The SMILES string of the molecule is CCc1ccc(S(=O)(=O)Nc2nc(=O)n3c(C)c(C)sc(SCCC(C)C)c2-3)cc1. The van der Waals surface area contributed by atoms with Gasteiger partial charge >= 0.3 is 5.69 Å². The van der Waals surface area contributed by atoms with Gasteiger partial charge in [-0.2, -0.15) is 4.98 Å². The van der Waals surface area contributed by atoms with Crippen LogP contribution in [0.25, 0.3) is 5.69 Å². The van der Waals surface area contributed by atoms with Crippen molar-refractivity contribution in [1.29, 1.82) is 0 Å². The van der Waals surface area contributed by atoms with E-state index < -0.39 is 15.7 Å². The fourth-order valence-electron chi connectivity index (χ4n) is 2.96. The highest BCUT2D eigenvalue weighted by molar-refractivity contribution is 8.01. The van der Waals surface area contributed by atoms with Crippen LogP contribution >= 0.6 is 23.1 Å². The van der Waals surface area contributed by atoms with Crippen molar-refractivity contribution in [2.24, 2.45) is 5.92 Å². The molecule has 0 aromatic heterocycles. The van der Waals surface area contributed by atoms with Crippen LogP contribution in [-0.4, -0.2) is 23.7 Å². The Morgan fingerprint density at radius 2 is 1.87 bits per heavy atom. The third-order valence-corrected chi connectivity index (χ3v) is 8.77. The Bertz CT molecular complexity index is 1160. The summed E-state index contributed by atoms with van der Waals surface area (Å²) in [4.78, 5) is 17.8. The lowest BCUT2D eigenvalue weighted by atomic mass is 10.2. The van der Waals surface area contributed by atoms with Gasteiger partial charge in [0.15, 0.2) is 5.82 Å². The highest BCUT2D eigenvalue weighted by Crippen LogP contribution is 2.38. The van der Waals surface area contributed by atoms with Gasteiger partial charge in [0.25, 0.3) is 10.0 Å². The number of rotatable bonds is 8. The van der Waals surface area contributed by atoms with Crippen LogP contribution in [-0.2, 0) is 16.4 Å². The third-order valence-electron chi connectivity index (χ3n) is 4.93. The first-order valence-electron chi connectivity index (χ1n) is 9.91. The molecular formula is C21H27N3O3S3. The number of benzene rings is 1. The van der Waals surface area contributed by atoms with E-state index in [4.69, 9.17) is 0 Å². The number of sulfonamides is 1. The minimum absolute atomic E-state index is 0.0889. The number of hydrogen-bond acceptors (Lipinski definition) is 6. The molecule has 2 heterocycles. The average molecular weight is 466 g/mol. The standard InChI is InChI=1S/C21H27N3O3S3/c1-6-16-7-9-17(10-8-16)30(26,27)23-19-18-20(28-12-11-13(2)3)29-15(5)14(4)24(18)21(25)22-19/h7-10,13H,6,11-12H2,1-5H3,(H,22,23,25). The van der Waals surface area contributed by atoms with Gasteiger partial charge in [-0.15, -0.1) is 23.1 Å². The van der Waals surface area contributed by atoms with Crippen molar-refractivity contribution in [3.63, 3.8) is 0 Å². The predicted molar refractivity (Wildman–Crippen MR) is 125 cm³/mol. The Morgan fingerprint density at radius 1 is 1.20 bits per heavy atom. The molecule has 3 rings (SSSR count). The number of fused-ring (bicyclic) bond motifs is 1. The number of thioether (sulfide) groups is 1. The van der Waals surface area contributed by atoms with Crippen LogP contribution in [0.1, 0.15) is 43.3 Å². The second-order valence-corrected chi connectivity index (χ2v) is 11.9. The average Bonchev–Trinajstić information content (AvgIpc) is 3.01. The maximum atomic E-state index is 13.0. The number of imidazole rings is 1. The van der Waals surface area contributed by atoms with E-state index in [-0.39, 0.29) is 10.7 Å². The molecule has 0 amide bonds. The minimum atomic E-state index is -3.86. The molecule has 1 aromatic carbocycles. The number of aryl methyl sites for hydroxylation is 2. The number of hydrogen-bond donors (Lipinski definition) is 1. The number of anilines is 1. The van der Waals surface area contributed by atoms with Crippen LogP contribution in [0.4, 0.5) is 5.82 Å². The highest BCUT2D eigenvalue weighted by atomic mass is 32.2. The van der Waals surface area contributed by atoms with E-state index in [0.29, 0.717) is 11.6 Å². The molecule has 6 nitrogen and oxygen atoms in total. The third kappa shape index (κ3) is 4.73. The summed E-state index contributed by atoms with van der Waals surface area (Å²) >= 11 is 3.21. The van der Waals surface area contributed by atoms with E-state index >= 15 is 0 Å². The van der Waals surface area contributed by atoms with Gasteiger partial charge in [-0.05, 0) is 56.1 Å². The first-order valence-corrected chi connectivity index (χ1v) is 13.2. The van der Waals surface area contributed by atoms with Crippen molar-refractivity contribution in [1.82, 2.24) is 9.55 Å². The van der Waals surface area contributed by atoms with E-state index in [0.717, 1.165) is 38.9 Å². The smallest absolute Gasteiger partial charge is 0.261 e. The van der Waals surface area contributed by atoms with Crippen molar-refractivity contribution in [3.05, 3.63) is 50.9 Å². The fraction of sp³-hybridized carbons (Fsp3) is 0.429. The van der Waals surface area contributed by atoms with Crippen molar-refractivity contribution >= 4 is 38.9 Å². The molecular weight excluding hydrogens is 438 g/mol. The van der Waals surface area contributed by atoms with Gasteiger partial charge in [-0.3, -0.25) is 9.29 Å². The topological polar surface area (TPSA) is 81.1 Å². The summed E-state index contributed by atoms with van der Waals surface area (Å²) in [5.41, 5.74) is 1.90. The lowest BCUT2D eigenvalue weighted by molar-refractivity contribution is 0.601. The minimum Gasteiger partial charge on any atom is -0.261 e. The van der Waals surface area contributed by atoms with Crippen molar-refractivity contribution in [3.8, 4) is 5.69 Å². The van der Waals surface area contributed by atoms with Crippen LogP contribution in [0.5, 0.6) is 0 Å². The lowest BCUT2D eigenvalue weighted by Gasteiger charge is -2.16. The summed E-state index contributed by atoms with van der Waals surface area (Å²) < 4.78 is 30.9. The van der Waals surface area contributed by atoms with Gasteiger partial charge in [0.2, 0.25) is 0 Å². The Hall–Kier alpha value is -1.84. The Kier molecular flexibility index (Phi) is 6.94. The Labute approximate surface area is 186 Å². The molecule has 162 valence electrons. The van der Waals surface area contributed by atoms with E-state index in [1.807, 2.05) is 20.8 Å². The van der Waals surface area contributed by atoms with Crippen LogP contribution in [0, 0.1) is 19.8 Å². The highest BCUT2D eigenvalue weighted by Gasteiger charge is 2.26. The lowest BCUT2D eigenvalue weighted by Crippen LogP contribution is -2.17. The van der Waals surface area contributed by atoms with E-state index in [2.05, 4.69) is 23.6 Å². The maximum absolute atomic E-state index is 13.0. The molecule has 0 atom stereocenters. The molecule has 0 saturated carbocycles. The second-order valence-electron chi connectivity index (χ2n) is 7.59. The molecule has 1 aromatic rings. The number of nitrogens with one attached hydrogen (secondary N) is 1. The fourth-order valence-corrected chi connectivity index (χ4v) is 6.74. The van der Waals surface area contributed by atoms with Gasteiger partial charge in [-0.25, -0.2) is 13.2 Å². The molecule has 2 aliphatic heterocycles. The van der Waals surface area contributed by atoms with Crippen LogP contribution in [0.15, 0.2) is 38.2 Å².